The molecule has 13 heavy (non-hydrogen) atoms. The van der Waals surface area contributed by atoms with Gasteiger partial charge in [0.1, 0.15) is 0 Å². The van der Waals surface area contributed by atoms with E-state index >= 15 is 0 Å². The zero-order valence-corrected chi connectivity index (χ0v) is 7.69. The van der Waals surface area contributed by atoms with Gasteiger partial charge < -0.3 is 9.84 Å². The van der Waals surface area contributed by atoms with Crippen molar-refractivity contribution in [2.75, 3.05) is 6.61 Å². The maximum absolute atomic E-state index is 11.2. The Morgan fingerprint density at radius 3 is 3.00 bits per heavy atom. The fraction of sp³-hybridized carbons (Fsp3) is 0.700. The van der Waals surface area contributed by atoms with Crippen molar-refractivity contribution in [2.45, 2.75) is 19.4 Å². The quantitative estimate of drug-likeness (QED) is 0.444. The standard InChI is InChI=1S/C10H14O3/c1-5-3-8(11)9-6(2)10(12)13-4-7(5)9/h5,7-9,11H,2-4H2,1H3/t5-,7+,8-,9+/m1/s1. The largest absolute Gasteiger partial charge is 0.462 e. The molecule has 0 unspecified atom stereocenters. The highest BCUT2D eigenvalue weighted by Gasteiger charge is 2.46. The van der Waals surface area contributed by atoms with E-state index < -0.39 is 6.10 Å². The molecule has 3 nitrogen and oxygen atoms in total. The minimum atomic E-state index is -0.402. The molecule has 0 spiro atoms. The van der Waals surface area contributed by atoms with Gasteiger partial charge in [-0.05, 0) is 12.3 Å². The van der Waals surface area contributed by atoms with Gasteiger partial charge in [-0.2, -0.15) is 0 Å². The summed E-state index contributed by atoms with van der Waals surface area (Å²) in [5.41, 5.74) is 0.452. The molecule has 3 heteroatoms. The van der Waals surface area contributed by atoms with E-state index in [4.69, 9.17) is 4.74 Å². The first-order valence-corrected chi connectivity index (χ1v) is 4.65. The van der Waals surface area contributed by atoms with Crippen LogP contribution in [0.25, 0.3) is 0 Å². The summed E-state index contributed by atoms with van der Waals surface area (Å²) in [6.07, 6.45) is 0.352. The summed E-state index contributed by atoms with van der Waals surface area (Å²) >= 11 is 0. The molecule has 2 aliphatic rings. The van der Waals surface area contributed by atoms with E-state index in [1.165, 1.54) is 0 Å². The summed E-state index contributed by atoms with van der Waals surface area (Å²) < 4.78 is 4.97. The van der Waals surface area contributed by atoms with Crippen LogP contribution in [0.2, 0.25) is 0 Å². The molecule has 0 aromatic heterocycles. The van der Waals surface area contributed by atoms with Crippen LogP contribution >= 0.6 is 0 Å². The highest BCUT2D eigenvalue weighted by Crippen LogP contribution is 2.43. The fourth-order valence-electron chi connectivity index (χ4n) is 2.50. The Morgan fingerprint density at radius 1 is 1.62 bits per heavy atom. The van der Waals surface area contributed by atoms with Crippen molar-refractivity contribution >= 4 is 5.97 Å². The normalized spacial score (nSPS) is 44.5. The van der Waals surface area contributed by atoms with E-state index in [0.717, 1.165) is 6.42 Å². The second kappa shape index (κ2) is 2.84. The fourth-order valence-corrected chi connectivity index (χ4v) is 2.50. The number of carbonyl (C=O) groups is 1. The number of carbonyl (C=O) groups excluding carboxylic acids is 1. The molecule has 1 heterocycles. The van der Waals surface area contributed by atoms with Crippen molar-refractivity contribution in [1.29, 1.82) is 0 Å². The van der Waals surface area contributed by atoms with Crippen molar-refractivity contribution in [2.24, 2.45) is 17.8 Å². The molecule has 0 aromatic carbocycles. The van der Waals surface area contributed by atoms with E-state index in [-0.39, 0.29) is 17.8 Å². The number of ether oxygens (including phenoxy) is 1. The number of aliphatic hydroxyl groups excluding tert-OH is 1. The molecule has 1 N–H and O–H groups in total. The highest BCUT2D eigenvalue weighted by molar-refractivity contribution is 5.89. The lowest BCUT2D eigenvalue weighted by atomic mass is 9.84. The number of rotatable bonds is 0. The summed E-state index contributed by atoms with van der Waals surface area (Å²) in [5, 5.41) is 9.71. The molecule has 0 aromatic rings. The van der Waals surface area contributed by atoms with Gasteiger partial charge in [-0.15, -0.1) is 0 Å². The predicted octanol–water partition coefficient (Wildman–Crippen LogP) is 0.732. The zero-order valence-electron chi connectivity index (χ0n) is 7.69. The van der Waals surface area contributed by atoms with Crippen LogP contribution in [0.5, 0.6) is 0 Å². The van der Waals surface area contributed by atoms with E-state index in [2.05, 4.69) is 13.5 Å². The van der Waals surface area contributed by atoms with Crippen LogP contribution in [0.4, 0.5) is 0 Å². The molecular formula is C10H14O3. The van der Waals surface area contributed by atoms with Gasteiger partial charge >= 0.3 is 5.97 Å². The summed E-state index contributed by atoms with van der Waals surface area (Å²) in [4.78, 5) is 11.2. The Morgan fingerprint density at radius 2 is 2.31 bits per heavy atom. The summed E-state index contributed by atoms with van der Waals surface area (Å²) in [5.74, 6) is 0.302. The van der Waals surface area contributed by atoms with E-state index in [9.17, 15) is 9.90 Å². The third-order valence-corrected chi connectivity index (χ3v) is 3.29. The molecule has 1 aliphatic carbocycles. The van der Waals surface area contributed by atoms with Gasteiger partial charge in [0.15, 0.2) is 0 Å². The van der Waals surface area contributed by atoms with Crippen LogP contribution in [0.1, 0.15) is 13.3 Å². The summed E-state index contributed by atoms with van der Waals surface area (Å²) in [6, 6.07) is 0. The number of esters is 1. The topological polar surface area (TPSA) is 46.5 Å². The van der Waals surface area contributed by atoms with Gasteiger partial charge in [0.25, 0.3) is 0 Å². The minimum Gasteiger partial charge on any atom is -0.462 e. The number of cyclic esters (lactones) is 1. The third-order valence-electron chi connectivity index (χ3n) is 3.29. The Hall–Kier alpha value is -0.830. The van der Waals surface area contributed by atoms with Gasteiger partial charge in [0.05, 0.1) is 12.7 Å². The molecule has 1 aliphatic heterocycles. The lowest BCUT2D eigenvalue weighted by Gasteiger charge is -2.29. The van der Waals surface area contributed by atoms with Crippen molar-refractivity contribution in [1.82, 2.24) is 0 Å². The van der Waals surface area contributed by atoms with E-state index in [1.807, 2.05) is 0 Å². The van der Waals surface area contributed by atoms with Crippen molar-refractivity contribution in [3.8, 4) is 0 Å². The lowest BCUT2D eigenvalue weighted by Crippen LogP contribution is -2.35. The molecule has 0 amide bonds. The van der Waals surface area contributed by atoms with Crippen molar-refractivity contribution < 1.29 is 14.6 Å². The van der Waals surface area contributed by atoms with Crippen molar-refractivity contribution in [3.63, 3.8) is 0 Å². The number of hydrogen-bond acceptors (Lipinski definition) is 3. The zero-order chi connectivity index (χ0) is 9.59. The smallest absolute Gasteiger partial charge is 0.333 e. The van der Waals surface area contributed by atoms with Gasteiger partial charge in [-0.25, -0.2) is 4.79 Å². The molecule has 0 bridgehead atoms. The Kier molecular flexibility index (Phi) is 1.91. The first-order valence-electron chi connectivity index (χ1n) is 4.65. The first kappa shape index (κ1) is 8.75. The monoisotopic (exact) mass is 182 g/mol. The van der Waals surface area contributed by atoms with E-state index in [1.54, 1.807) is 0 Å². The Bertz CT molecular complexity index is 259. The molecule has 1 saturated heterocycles. The minimum absolute atomic E-state index is 0.0590. The maximum Gasteiger partial charge on any atom is 0.333 e. The number of aliphatic hydroxyl groups is 1. The van der Waals surface area contributed by atoms with Gasteiger partial charge in [0, 0.05) is 17.4 Å². The molecule has 1 saturated carbocycles. The summed E-state index contributed by atoms with van der Waals surface area (Å²) in [6.45, 7) is 6.22. The summed E-state index contributed by atoms with van der Waals surface area (Å²) in [7, 11) is 0. The predicted molar refractivity (Wildman–Crippen MR) is 46.9 cm³/mol. The van der Waals surface area contributed by atoms with Crippen LogP contribution in [-0.2, 0) is 9.53 Å². The first-order chi connectivity index (χ1) is 6.11. The van der Waals surface area contributed by atoms with Gasteiger partial charge in [0.2, 0.25) is 0 Å². The molecule has 2 fully saturated rings. The lowest BCUT2D eigenvalue weighted by molar-refractivity contribution is -0.146. The van der Waals surface area contributed by atoms with Gasteiger partial charge in [-0.1, -0.05) is 13.5 Å². The maximum atomic E-state index is 11.2. The van der Waals surface area contributed by atoms with Crippen LogP contribution < -0.4 is 0 Å². The van der Waals surface area contributed by atoms with E-state index in [0.29, 0.717) is 18.1 Å². The average molecular weight is 182 g/mol. The van der Waals surface area contributed by atoms with Crippen LogP contribution in [-0.4, -0.2) is 23.8 Å². The Balaban J connectivity index is 2.25. The molecule has 4 atom stereocenters. The van der Waals surface area contributed by atoms with Crippen molar-refractivity contribution in [3.05, 3.63) is 12.2 Å². The molecule has 2 rings (SSSR count). The molecule has 72 valence electrons. The second-order valence-electron chi connectivity index (χ2n) is 4.09. The van der Waals surface area contributed by atoms with Crippen LogP contribution in [0.3, 0.4) is 0 Å². The SMILES string of the molecule is C=C1C(=O)OC[C@@H]2[C@H]1[C@H](O)C[C@H]2C. The third kappa shape index (κ3) is 1.18. The number of fused-ring (bicyclic) bond motifs is 1. The van der Waals surface area contributed by atoms with Crippen LogP contribution in [0.15, 0.2) is 12.2 Å². The second-order valence-corrected chi connectivity index (χ2v) is 4.09. The van der Waals surface area contributed by atoms with Gasteiger partial charge in [-0.3, -0.25) is 0 Å². The van der Waals surface area contributed by atoms with Crippen LogP contribution in [0, 0.1) is 17.8 Å². The number of hydrogen-bond donors (Lipinski definition) is 1. The molecule has 0 radical (unpaired) electrons. The highest BCUT2D eigenvalue weighted by atomic mass is 16.5. The average Bonchev–Trinajstić information content (AvgIpc) is 2.35. The Labute approximate surface area is 77.4 Å². The molecular weight excluding hydrogens is 168 g/mol.